The van der Waals surface area contributed by atoms with E-state index in [1.54, 1.807) is 0 Å². The van der Waals surface area contributed by atoms with Crippen molar-refractivity contribution >= 4 is 18.3 Å². The van der Waals surface area contributed by atoms with Gasteiger partial charge in [-0.2, -0.15) is 0 Å². The third-order valence-electron chi connectivity index (χ3n) is 4.54. The molecular weight excluding hydrogens is 260 g/mol. The van der Waals surface area contributed by atoms with Crippen LogP contribution in [0.2, 0.25) is 0 Å². The van der Waals surface area contributed by atoms with E-state index < -0.39 is 0 Å². The highest BCUT2D eigenvalue weighted by Gasteiger charge is 2.30. The van der Waals surface area contributed by atoms with Crippen molar-refractivity contribution in [2.45, 2.75) is 51.4 Å². The van der Waals surface area contributed by atoms with Crippen LogP contribution in [0.5, 0.6) is 0 Å². The normalized spacial score (nSPS) is 25.5. The Morgan fingerprint density at radius 2 is 1.74 bits per heavy atom. The van der Waals surface area contributed by atoms with Crippen LogP contribution in [-0.2, 0) is 4.79 Å². The first-order valence-corrected chi connectivity index (χ1v) is 7.74. The van der Waals surface area contributed by atoms with E-state index in [1.165, 1.54) is 38.5 Å². The minimum Gasteiger partial charge on any atom is -0.342 e. The zero-order chi connectivity index (χ0) is 12.8. The number of likely N-dealkylation sites (tertiary alicyclic amines) is 1. The average molecular weight is 289 g/mol. The Morgan fingerprint density at radius 1 is 1.11 bits per heavy atom. The van der Waals surface area contributed by atoms with E-state index in [0.717, 1.165) is 32.5 Å². The minimum absolute atomic E-state index is 0. The smallest absolute Gasteiger partial charge is 0.225 e. The maximum atomic E-state index is 12.5. The van der Waals surface area contributed by atoms with E-state index >= 15 is 0 Å². The number of hydrogen-bond acceptors (Lipinski definition) is 2. The Labute approximate surface area is 123 Å². The lowest BCUT2D eigenvalue weighted by Crippen LogP contribution is -2.35. The number of carbonyl (C=O) groups excluding carboxylic acids is 1. The molecule has 2 rings (SSSR count). The van der Waals surface area contributed by atoms with Crippen molar-refractivity contribution in [2.24, 2.45) is 11.8 Å². The van der Waals surface area contributed by atoms with Gasteiger partial charge in [0.15, 0.2) is 0 Å². The molecule has 2 aliphatic rings. The van der Waals surface area contributed by atoms with E-state index in [9.17, 15) is 4.79 Å². The molecule has 1 heterocycles. The van der Waals surface area contributed by atoms with Gasteiger partial charge in [0.25, 0.3) is 0 Å². The van der Waals surface area contributed by atoms with Gasteiger partial charge in [-0.1, -0.05) is 32.1 Å². The summed E-state index contributed by atoms with van der Waals surface area (Å²) in [4.78, 5) is 14.7. The zero-order valence-corrected chi connectivity index (χ0v) is 13.0. The summed E-state index contributed by atoms with van der Waals surface area (Å²) in [6.07, 6.45) is 9.97. The van der Waals surface area contributed by atoms with E-state index in [2.05, 4.69) is 10.2 Å². The van der Waals surface area contributed by atoms with Crippen molar-refractivity contribution in [1.29, 1.82) is 0 Å². The van der Waals surface area contributed by atoms with Crippen molar-refractivity contribution in [3.63, 3.8) is 0 Å². The second-order valence-electron chi connectivity index (χ2n) is 6.04. The summed E-state index contributed by atoms with van der Waals surface area (Å²) < 4.78 is 0. The molecule has 3 nitrogen and oxygen atoms in total. The van der Waals surface area contributed by atoms with Gasteiger partial charge in [0.1, 0.15) is 0 Å². The molecule has 1 unspecified atom stereocenters. The number of halogens is 1. The van der Waals surface area contributed by atoms with E-state index in [0.29, 0.717) is 17.7 Å². The van der Waals surface area contributed by atoms with Gasteiger partial charge < -0.3 is 10.2 Å². The fraction of sp³-hybridized carbons (Fsp3) is 0.933. The molecule has 112 valence electrons. The van der Waals surface area contributed by atoms with Crippen LogP contribution in [0.3, 0.4) is 0 Å². The zero-order valence-electron chi connectivity index (χ0n) is 12.2. The van der Waals surface area contributed by atoms with Gasteiger partial charge in [0.2, 0.25) is 5.91 Å². The maximum Gasteiger partial charge on any atom is 0.225 e. The Kier molecular flexibility index (Phi) is 7.77. The topological polar surface area (TPSA) is 32.3 Å². The number of amides is 1. The standard InChI is InChI=1S/C15H28N2O.ClH/c1-16-11-13-9-10-17(12-13)15(18)14-7-5-3-2-4-6-8-14;/h13-14,16H,2-12H2,1H3;1H. The highest BCUT2D eigenvalue weighted by atomic mass is 35.5. The summed E-state index contributed by atoms with van der Waals surface area (Å²) >= 11 is 0. The van der Waals surface area contributed by atoms with Crippen LogP contribution >= 0.6 is 12.4 Å². The molecule has 2 fully saturated rings. The Bertz CT molecular complexity index is 265. The molecule has 1 atom stereocenters. The second kappa shape index (κ2) is 8.80. The van der Waals surface area contributed by atoms with Crippen LogP contribution in [0.1, 0.15) is 51.4 Å². The van der Waals surface area contributed by atoms with Crippen molar-refractivity contribution in [3.8, 4) is 0 Å². The van der Waals surface area contributed by atoms with E-state index in [-0.39, 0.29) is 12.4 Å². The van der Waals surface area contributed by atoms with Crippen LogP contribution < -0.4 is 5.32 Å². The van der Waals surface area contributed by atoms with E-state index in [1.807, 2.05) is 7.05 Å². The van der Waals surface area contributed by atoms with Crippen molar-refractivity contribution in [3.05, 3.63) is 0 Å². The maximum absolute atomic E-state index is 12.5. The fourth-order valence-corrected chi connectivity index (χ4v) is 3.45. The number of rotatable bonds is 3. The van der Waals surface area contributed by atoms with E-state index in [4.69, 9.17) is 0 Å². The Balaban J connectivity index is 0.00000180. The minimum atomic E-state index is 0. The fourth-order valence-electron chi connectivity index (χ4n) is 3.45. The highest BCUT2D eigenvalue weighted by Crippen LogP contribution is 2.26. The summed E-state index contributed by atoms with van der Waals surface area (Å²) in [5, 5.41) is 3.23. The predicted octanol–water partition coefficient (Wildman–Crippen LogP) is 2.84. The number of hydrogen-bond donors (Lipinski definition) is 1. The molecule has 4 heteroatoms. The molecule has 0 radical (unpaired) electrons. The summed E-state index contributed by atoms with van der Waals surface area (Å²) in [5.41, 5.74) is 0. The number of nitrogens with zero attached hydrogens (tertiary/aromatic N) is 1. The SMILES string of the molecule is CNCC1CCN(C(=O)C2CCCCCCC2)C1.Cl. The van der Waals surface area contributed by atoms with Crippen molar-refractivity contribution in [1.82, 2.24) is 10.2 Å². The molecule has 0 spiro atoms. The summed E-state index contributed by atoms with van der Waals surface area (Å²) in [7, 11) is 2.00. The first-order valence-electron chi connectivity index (χ1n) is 7.74. The van der Waals surface area contributed by atoms with Crippen LogP contribution in [-0.4, -0.2) is 37.5 Å². The molecule has 19 heavy (non-hydrogen) atoms. The lowest BCUT2D eigenvalue weighted by Gasteiger charge is -2.25. The molecule has 1 amide bonds. The van der Waals surface area contributed by atoms with Crippen LogP contribution in [0.15, 0.2) is 0 Å². The largest absolute Gasteiger partial charge is 0.342 e. The molecule has 1 saturated heterocycles. The Hall–Kier alpha value is -0.280. The van der Waals surface area contributed by atoms with Gasteiger partial charge in [-0.25, -0.2) is 0 Å². The van der Waals surface area contributed by atoms with Crippen LogP contribution in [0.25, 0.3) is 0 Å². The van der Waals surface area contributed by atoms with Gasteiger partial charge in [-0.15, -0.1) is 12.4 Å². The highest BCUT2D eigenvalue weighted by molar-refractivity contribution is 5.85. The Morgan fingerprint density at radius 3 is 2.37 bits per heavy atom. The third kappa shape index (κ3) is 4.96. The lowest BCUT2D eigenvalue weighted by atomic mass is 9.90. The van der Waals surface area contributed by atoms with Crippen LogP contribution in [0.4, 0.5) is 0 Å². The molecule has 0 bridgehead atoms. The summed E-state index contributed by atoms with van der Waals surface area (Å²) in [6.45, 7) is 3.02. The van der Waals surface area contributed by atoms with Gasteiger partial charge in [-0.3, -0.25) is 4.79 Å². The average Bonchev–Trinajstić information content (AvgIpc) is 2.77. The molecule has 0 aromatic carbocycles. The van der Waals surface area contributed by atoms with Crippen molar-refractivity contribution in [2.75, 3.05) is 26.7 Å². The monoisotopic (exact) mass is 288 g/mol. The van der Waals surface area contributed by atoms with Crippen molar-refractivity contribution < 1.29 is 4.79 Å². The van der Waals surface area contributed by atoms with Gasteiger partial charge >= 0.3 is 0 Å². The molecule has 0 aromatic heterocycles. The molecule has 1 saturated carbocycles. The molecule has 1 N–H and O–H groups in total. The number of nitrogens with one attached hydrogen (secondary N) is 1. The van der Waals surface area contributed by atoms with Crippen LogP contribution in [0, 0.1) is 11.8 Å². The second-order valence-corrected chi connectivity index (χ2v) is 6.04. The third-order valence-corrected chi connectivity index (χ3v) is 4.54. The predicted molar refractivity (Wildman–Crippen MR) is 81.7 cm³/mol. The molecule has 1 aliphatic carbocycles. The first-order chi connectivity index (χ1) is 8.81. The van der Waals surface area contributed by atoms with Gasteiger partial charge in [-0.05, 0) is 38.8 Å². The van der Waals surface area contributed by atoms with Gasteiger partial charge in [0.05, 0.1) is 0 Å². The molecular formula is C15H29ClN2O. The molecule has 0 aromatic rings. The lowest BCUT2D eigenvalue weighted by molar-refractivity contribution is -0.135. The molecule has 1 aliphatic heterocycles. The quantitative estimate of drug-likeness (QED) is 0.866. The number of carbonyl (C=O) groups is 1. The summed E-state index contributed by atoms with van der Waals surface area (Å²) in [6, 6.07) is 0. The summed E-state index contributed by atoms with van der Waals surface area (Å²) in [5.74, 6) is 1.46. The first kappa shape index (κ1) is 16.8. The van der Waals surface area contributed by atoms with Gasteiger partial charge in [0, 0.05) is 19.0 Å².